The maximum absolute atomic E-state index is 10.1. The van der Waals surface area contributed by atoms with Crippen LogP contribution in [0.2, 0.25) is 0 Å². The van der Waals surface area contributed by atoms with E-state index in [1.54, 1.807) is 13.8 Å². The van der Waals surface area contributed by atoms with Gasteiger partial charge in [-0.25, -0.2) is 0 Å². The van der Waals surface area contributed by atoms with Gasteiger partial charge in [0.1, 0.15) is 6.61 Å². The zero-order valence-electron chi connectivity index (χ0n) is 6.78. The van der Waals surface area contributed by atoms with E-state index in [0.717, 1.165) is 0 Å². The third-order valence-corrected chi connectivity index (χ3v) is 2.11. The van der Waals surface area contributed by atoms with Crippen LogP contribution in [0.3, 0.4) is 0 Å². The highest BCUT2D eigenvalue weighted by atomic mass is 31.1. The molecule has 0 spiro atoms. The Balaban J connectivity index is 3.78. The predicted octanol–water partition coefficient (Wildman–Crippen LogP) is 1.20. The number of hydrogen-bond acceptors (Lipinski definition) is 3. The Hall–Kier alpha value is -0.0200. The Kier molecular flexibility index (Phi) is 4.77. The van der Waals surface area contributed by atoms with Gasteiger partial charge in [0.25, 0.3) is 0 Å². The minimum Gasteiger partial charge on any atom is -0.387 e. The van der Waals surface area contributed by atoms with E-state index >= 15 is 0 Å². The molecule has 0 radical (unpaired) electrons. The van der Waals surface area contributed by atoms with Crippen LogP contribution in [-0.4, -0.2) is 22.2 Å². The van der Waals surface area contributed by atoms with Gasteiger partial charge in [0.05, 0.1) is 5.60 Å². The molecule has 0 aliphatic carbocycles. The zero-order valence-corrected chi connectivity index (χ0v) is 7.67. The molecular weight excluding hydrogens is 167 g/mol. The average molecular weight is 181 g/mol. The molecule has 0 saturated heterocycles. The summed E-state index contributed by atoms with van der Waals surface area (Å²) in [5, 5.41) is 9.51. The lowest BCUT2D eigenvalue weighted by molar-refractivity contribution is -0.0121. The summed E-state index contributed by atoms with van der Waals surface area (Å²) in [6.45, 7) is 3.53. The van der Waals surface area contributed by atoms with E-state index in [2.05, 4.69) is 4.52 Å². The Bertz CT molecular complexity index is 133. The molecule has 0 heterocycles. The van der Waals surface area contributed by atoms with Gasteiger partial charge in [0.15, 0.2) is 0 Å². The monoisotopic (exact) mass is 181 g/mol. The molecule has 0 aromatic rings. The van der Waals surface area contributed by atoms with Crippen LogP contribution in [0.4, 0.5) is 0 Å². The average Bonchev–Trinajstić information content (AvgIpc) is 2.00. The van der Waals surface area contributed by atoms with Crippen LogP contribution in [0.1, 0.15) is 26.7 Å². The van der Waals surface area contributed by atoms with Gasteiger partial charge in [-0.2, -0.15) is 0 Å². The Labute approximate surface area is 67.1 Å². The third-order valence-electron chi connectivity index (χ3n) is 1.76. The summed E-state index contributed by atoms with van der Waals surface area (Å²) in [7, 11) is -2.59. The summed E-state index contributed by atoms with van der Waals surface area (Å²) in [5.41, 5.74) is -0.951. The minimum atomic E-state index is -2.59. The smallest absolute Gasteiger partial charge is 0.387 e. The molecule has 0 amide bonds. The van der Waals surface area contributed by atoms with Gasteiger partial charge >= 0.3 is 8.25 Å². The number of rotatable bonds is 5. The summed E-state index contributed by atoms with van der Waals surface area (Å²) in [4.78, 5) is 8.28. The van der Waals surface area contributed by atoms with E-state index in [4.69, 9.17) is 4.89 Å². The molecule has 0 fully saturated rings. The van der Waals surface area contributed by atoms with Crippen molar-refractivity contribution in [2.45, 2.75) is 32.3 Å². The van der Waals surface area contributed by atoms with Gasteiger partial charge in [-0.05, 0) is 12.8 Å². The summed E-state index contributed by atoms with van der Waals surface area (Å²) in [6, 6.07) is 0. The van der Waals surface area contributed by atoms with E-state index in [1.165, 1.54) is 0 Å². The number of aliphatic hydroxyl groups is 1. The molecule has 1 unspecified atom stereocenters. The SMILES string of the molecule is CCC(O)(CC)CO[P+](=O)O. The van der Waals surface area contributed by atoms with Gasteiger partial charge < -0.3 is 5.11 Å². The first-order valence-electron chi connectivity index (χ1n) is 3.55. The second kappa shape index (κ2) is 4.78. The molecule has 0 rings (SSSR count). The summed E-state index contributed by atoms with van der Waals surface area (Å²) in [6.07, 6.45) is 1.04. The van der Waals surface area contributed by atoms with E-state index in [0.29, 0.717) is 12.8 Å². The van der Waals surface area contributed by atoms with Crippen molar-refractivity contribution in [3.05, 3.63) is 0 Å². The molecule has 1 atom stereocenters. The molecule has 5 heteroatoms. The van der Waals surface area contributed by atoms with E-state index in [9.17, 15) is 9.67 Å². The lowest BCUT2D eigenvalue weighted by Gasteiger charge is -2.20. The maximum atomic E-state index is 10.1. The van der Waals surface area contributed by atoms with Crippen LogP contribution in [0.15, 0.2) is 0 Å². The molecule has 0 aromatic heterocycles. The van der Waals surface area contributed by atoms with Crippen LogP contribution < -0.4 is 0 Å². The molecule has 4 nitrogen and oxygen atoms in total. The van der Waals surface area contributed by atoms with Crippen molar-refractivity contribution in [3.63, 3.8) is 0 Å². The van der Waals surface area contributed by atoms with Gasteiger partial charge in [-0.1, -0.05) is 13.8 Å². The lowest BCUT2D eigenvalue weighted by atomic mass is 9.99. The normalized spacial score (nSPS) is 13.3. The largest absolute Gasteiger partial charge is 0.694 e. The van der Waals surface area contributed by atoms with Crippen LogP contribution in [0.5, 0.6) is 0 Å². The fourth-order valence-electron chi connectivity index (χ4n) is 0.629. The predicted molar refractivity (Wildman–Crippen MR) is 41.3 cm³/mol. The van der Waals surface area contributed by atoms with Gasteiger partial charge in [0.2, 0.25) is 0 Å². The van der Waals surface area contributed by atoms with E-state index in [1.807, 2.05) is 0 Å². The van der Waals surface area contributed by atoms with Gasteiger partial charge in [-0.3, -0.25) is 0 Å². The Morgan fingerprint density at radius 1 is 1.45 bits per heavy atom. The van der Waals surface area contributed by atoms with Gasteiger partial charge in [0, 0.05) is 4.57 Å². The van der Waals surface area contributed by atoms with Crippen molar-refractivity contribution in [3.8, 4) is 0 Å². The van der Waals surface area contributed by atoms with E-state index < -0.39 is 13.9 Å². The highest BCUT2D eigenvalue weighted by Gasteiger charge is 2.27. The van der Waals surface area contributed by atoms with Crippen molar-refractivity contribution in [2.75, 3.05) is 6.61 Å². The minimum absolute atomic E-state index is 0.0777. The molecule has 66 valence electrons. The van der Waals surface area contributed by atoms with Crippen molar-refractivity contribution >= 4 is 8.25 Å². The highest BCUT2D eigenvalue weighted by molar-refractivity contribution is 7.32. The van der Waals surface area contributed by atoms with Crippen LogP contribution >= 0.6 is 8.25 Å². The van der Waals surface area contributed by atoms with Gasteiger partial charge in [-0.15, -0.1) is 9.42 Å². The van der Waals surface area contributed by atoms with Crippen molar-refractivity contribution in [1.82, 2.24) is 0 Å². The van der Waals surface area contributed by atoms with Crippen LogP contribution in [0, 0.1) is 0 Å². The topological polar surface area (TPSA) is 66.8 Å². The van der Waals surface area contributed by atoms with E-state index in [-0.39, 0.29) is 6.61 Å². The fraction of sp³-hybridized carbons (Fsp3) is 1.00. The molecule has 0 aromatic carbocycles. The molecule has 0 bridgehead atoms. The van der Waals surface area contributed by atoms with Crippen LogP contribution in [0.25, 0.3) is 0 Å². The second-order valence-electron chi connectivity index (χ2n) is 2.44. The first-order valence-corrected chi connectivity index (χ1v) is 4.68. The molecule has 0 saturated carbocycles. The Morgan fingerprint density at radius 2 is 1.91 bits per heavy atom. The molecule has 2 N–H and O–H groups in total. The molecule has 0 aliphatic rings. The zero-order chi connectivity index (χ0) is 8.91. The summed E-state index contributed by atoms with van der Waals surface area (Å²) < 4.78 is 14.5. The molecule has 0 aliphatic heterocycles. The first kappa shape index (κ1) is 11.0. The Morgan fingerprint density at radius 3 is 2.18 bits per heavy atom. The summed E-state index contributed by atoms with van der Waals surface area (Å²) >= 11 is 0. The summed E-state index contributed by atoms with van der Waals surface area (Å²) in [5.74, 6) is 0. The molecular formula is C6H14O4P+. The molecule has 11 heavy (non-hydrogen) atoms. The number of hydrogen-bond donors (Lipinski definition) is 2. The fourth-order valence-corrected chi connectivity index (χ4v) is 0.980. The van der Waals surface area contributed by atoms with Crippen molar-refractivity contribution < 1.29 is 19.1 Å². The lowest BCUT2D eigenvalue weighted by Crippen LogP contribution is -2.31. The first-order chi connectivity index (χ1) is 5.04. The maximum Gasteiger partial charge on any atom is 0.694 e. The third kappa shape index (κ3) is 4.43. The quantitative estimate of drug-likeness (QED) is 0.625. The van der Waals surface area contributed by atoms with Crippen molar-refractivity contribution in [2.24, 2.45) is 0 Å². The second-order valence-corrected chi connectivity index (χ2v) is 3.18. The van der Waals surface area contributed by atoms with Crippen LogP contribution in [-0.2, 0) is 9.09 Å². The van der Waals surface area contributed by atoms with Crippen molar-refractivity contribution in [1.29, 1.82) is 0 Å². The highest BCUT2D eigenvalue weighted by Crippen LogP contribution is 2.22. The standard InChI is InChI=1S/C6H13O4P/c1-3-6(7,4-2)5-10-11(8)9/h7H,3-5H2,1-2H3/p+1.